The van der Waals surface area contributed by atoms with E-state index in [1.54, 1.807) is 0 Å². The highest BCUT2D eigenvalue weighted by molar-refractivity contribution is 7.80. The minimum absolute atomic E-state index is 0.213. The quantitative estimate of drug-likeness (QED) is 0.0805. The standard InChI is InChI=1S/C23H43N5O6S/c24-13-9-8-11-18(23(33)34)28-22(32)17-27-21(31)16-26-20(30)15-25-19(29)12-7-5-3-1-2-4-6-10-14-35/h18,35H,1-17,24H2,(H,25,29)(H,26,30)(H,27,31)(H,28,32)(H,33,34)/t18-/m0/s1. The number of unbranched alkanes of at least 4 members (excludes halogenated alkanes) is 8. The molecule has 1 atom stereocenters. The molecule has 0 fully saturated rings. The predicted molar refractivity (Wildman–Crippen MR) is 137 cm³/mol. The van der Waals surface area contributed by atoms with Crippen molar-refractivity contribution in [3.8, 4) is 0 Å². The summed E-state index contributed by atoms with van der Waals surface area (Å²) in [5.41, 5.74) is 5.37. The van der Waals surface area contributed by atoms with Crippen molar-refractivity contribution in [1.29, 1.82) is 0 Å². The van der Waals surface area contributed by atoms with E-state index in [1.165, 1.54) is 19.3 Å². The van der Waals surface area contributed by atoms with Crippen molar-refractivity contribution in [2.45, 2.75) is 83.1 Å². The molecule has 0 spiro atoms. The van der Waals surface area contributed by atoms with Crippen LogP contribution in [0.1, 0.15) is 77.0 Å². The molecule has 0 radical (unpaired) electrons. The van der Waals surface area contributed by atoms with E-state index >= 15 is 0 Å². The predicted octanol–water partition coefficient (Wildman–Crippen LogP) is 0.474. The van der Waals surface area contributed by atoms with Crippen LogP contribution in [0.5, 0.6) is 0 Å². The Morgan fingerprint density at radius 1 is 0.657 bits per heavy atom. The van der Waals surface area contributed by atoms with Crippen molar-refractivity contribution in [3.63, 3.8) is 0 Å². The maximum Gasteiger partial charge on any atom is 0.326 e. The molecular weight excluding hydrogens is 474 g/mol. The van der Waals surface area contributed by atoms with Gasteiger partial charge in [-0.25, -0.2) is 4.79 Å². The zero-order valence-electron chi connectivity index (χ0n) is 20.6. The summed E-state index contributed by atoms with van der Waals surface area (Å²) < 4.78 is 0. The number of amides is 4. The third-order valence-electron chi connectivity index (χ3n) is 5.23. The van der Waals surface area contributed by atoms with Gasteiger partial charge in [-0.15, -0.1) is 0 Å². The van der Waals surface area contributed by atoms with Gasteiger partial charge in [-0.1, -0.05) is 38.5 Å². The van der Waals surface area contributed by atoms with Crippen molar-refractivity contribution in [2.24, 2.45) is 5.73 Å². The van der Waals surface area contributed by atoms with E-state index in [0.29, 0.717) is 25.8 Å². The van der Waals surface area contributed by atoms with Crippen LogP contribution in [0.2, 0.25) is 0 Å². The Kier molecular flexibility index (Phi) is 20.7. The molecule has 12 heteroatoms. The number of thiol groups is 1. The van der Waals surface area contributed by atoms with Gasteiger partial charge in [0.15, 0.2) is 0 Å². The molecule has 0 heterocycles. The van der Waals surface area contributed by atoms with Crippen LogP contribution < -0.4 is 27.0 Å². The Hall–Kier alpha value is -2.34. The molecule has 35 heavy (non-hydrogen) atoms. The van der Waals surface area contributed by atoms with Crippen molar-refractivity contribution in [3.05, 3.63) is 0 Å². The lowest BCUT2D eigenvalue weighted by Gasteiger charge is -2.14. The number of hydrogen-bond donors (Lipinski definition) is 7. The molecule has 11 nitrogen and oxygen atoms in total. The zero-order chi connectivity index (χ0) is 26.3. The zero-order valence-corrected chi connectivity index (χ0v) is 21.5. The van der Waals surface area contributed by atoms with Gasteiger partial charge in [0.25, 0.3) is 0 Å². The fraction of sp³-hybridized carbons (Fsp3) is 0.783. The summed E-state index contributed by atoms with van der Waals surface area (Å²) in [6, 6.07) is -1.05. The minimum atomic E-state index is -1.16. The van der Waals surface area contributed by atoms with Gasteiger partial charge in [0, 0.05) is 6.42 Å². The summed E-state index contributed by atoms with van der Waals surface area (Å²) in [6.07, 6.45) is 10.6. The molecule has 0 aromatic carbocycles. The summed E-state index contributed by atoms with van der Waals surface area (Å²) in [7, 11) is 0. The summed E-state index contributed by atoms with van der Waals surface area (Å²) in [5.74, 6) is -2.22. The first kappa shape index (κ1) is 32.7. The van der Waals surface area contributed by atoms with Crippen molar-refractivity contribution < 1.29 is 29.1 Å². The highest BCUT2D eigenvalue weighted by Gasteiger charge is 2.19. The fourth-order valence-electron chi connectivity index (χ4n) is 3.20. The highest BCUT2D eigenvalue weighted by Crippen LogP contribution is 2.09. The molecule has 0 bridgehead atoms. The monoisotopic (exact) mass is 517 g/mol. The number of carbonyl (C=O) groups excluding carboxylic acids is 4. The number of aliphatic carboxylic acids is 1. The van der Waals surface area contributed by atoms with E-state index in [2.05, 4.69) is 33.9 Å². The Bertz CT molecular complexity index is 650. The molecule has 0 aliphatic heterocycles. The molecule has 4 amide bonds. The number of carbonyl (C=O) groups is 5. The smallest absolute Gasteiger partial charge is 0.326 e. The number of rotatable bonds is 22. The number of nitrogens with one attached hydrogen (secondary N) is 4. The number of nitrogens with two attached hydrogens (primary N) is 1. The second kappa shape index (κ2) is 22.1. The first-order chi connectivity index (χ1) is 16.8. The number of carboxylic acids is 1. The highest BCUT2D eigenvalue weighted by atomic mass is 32.1. The van der Waals surface area contributed by atoms with Crippen molar-refractivity contribution in [1.82, 2.24) is 21.3 Å². The van der Waals surface area contributed by atoms with Gasteiger partial charge in [0.2, 0.25) is 23.6 Å². The van der Waals surface area contributed by atoms with Crippen LogP contribution in [0.15, 0.2) is 0 Å². The van der Waals surface area contributed by atoms with Crippen LogP contribution in [0, 0.1) is 0 Å². The first-order valence-corrected chi connectivity index (χ1v) is 13.1. The summed E-state index contributed by atoms with van der Waals surface area (Å²) in [5, 5.41) is 18.6. The van der Waals surface area contributed by atoms with E-state index in [-0.39, 0.29) is 25.4 Å². The van der Waals surface area contributed by atoms with Gasteiger partial charge >= 0.3 is 5.97 Å². The fourth-order valence-corrected chi connectivity index (χ4v) is 3.43. The molecule has 0 saturated carbocycles. The Morgan fingerprint density at radius 2 is 1.14 bits per heavy atom. The summed E-state index contributed by atoms with van der Waals surface area (Å²) in [4.78, 5) is 58.4. The Morgan fingerprint density at radius 3 is 1.66 bits per heavy atom. The molecule has 202 valence electrons. The number of hydrogen-bond acceptors (Lipinski definition) is 7. The van der Waals surface area contributed by atoms with E-state index in [1.807, 2.05) is 0 Å². The largest absolute Gasteiger partial charge is 0.480 e. The maximum absolute atomic E-state index is 11.9. The Balaban J connectivity index is 3.84. The van der Waals surface area contributed by atoms with Gasteiger partial charge < -0.3 is 32.1 Å². The van der Waals surface area contributed by atoms with Crippen LogP contribution in [0.25, 0.3) is 0 Å². The third-order valence-corrected chi connectivity index (χ3v) is 5.55. The average Bonchev–Trinajstić information content (AvgIpc) is 2.83. The van der Waals surface area contributed by atoms with E-state index in [9.17, 15) is 24.0 Å². The second-order valence-corrected chi connectivity index (χ2v) is 8.82. The van der Waals surface area contributed by atoms with Gasteiger partial charge in [-0.3, -0.25) is 19.2 Å². The lowest BCUT2D eigenvalue weighted by atomic mass is 10.1. The topological polar surface area (TPSA) is 180 Å². The van der Waals surface area contributed by atoms with E-state index < -0.39 is 36.3 Å². The Labute approximate surface area is 213 Å². The molecule has 7 N–H and O–H groups in total. The van der Waals surface area contributed by atoms with Crippen LogP contribution in [0.4, 0.5) is 0 Å². The minimum Gasteiger partial charge on any atom is -0.480 e. The van der Waals surface area contributed by atoms with E-state index in [4.69, 9.17) is 10.8 Å². The van der Waals surface area contributed by atoms with E-state index in [0.717, 1.165) is 37.9 Å². The van der Waals surface area contributed by atoms with Crippen LogP contribution in [-0.2, 0) is 24.0 Å². The normalized spacial score (nSPS) is 11.4. The SMILES string of the molecule is NCCCC[C@H](NC(=O)CNC(=O)CNC(=O)CNC(=O)CCCCCCCCCCS)C(=O)O. The molecule has 0 aromatic rings. The van der Waals surface area contributed by atoms with Crippen LogP contribution in [-0.4, -0.2) is 72.7 Å². The lowest BCUT2D eigenvalue weighted by Crippen LogP contribution is -2.47. The third kappa shape index (κ3) is 20.7. The molecule has 0 unspecified atom stereocenters. The van der Waals surface area contributed by atoms with Gasteiger partial charge in [0.1, 0.15) is 6.04 Å². The molecular formula is C23H43N5O6S. The molecule has 0 aromatic heterocycles. The molecule has 0 aliphatic rings. The molecule has 0 saturated heterocycles. The first-order valence-electron chi connectivity index (χ1n) is 12.4. The van der Waals surface area contributed by atoms with Crippen molar-refractivity contribution in [2.75, 3.05) is 31.9 Å². The van der Waals surface area contributed by atoms with Gasteiger partial charge in [0.05, 0.1) is 19.6 Å². The van der Waals surface area contributed by atoms with Crippen LogP contribution in [0.3, 0.4) is 0 Å². The molecule has 0 rings (SSSR count). The lowest BCUT2D eigenvalue weighted by molar-refractivity contribution is -0.142. The molecule has 0 aliphatic carbocycles. The van der Waals surface area contributed by atoms with Gasteiger partial charge in [-0.05, 0) is 44.4 Å². The second-order valence-electron chi connectivity index (χ2n) is 8.38. The summed E-state index contributed by atoms with van der Waals surface area (Å²) >= 11 is 4.19. The van der Waals surface area contributed by atoms with Gasteiger partial charge in [-0.2, -0.15) is 12.6 Å². The average molecular weight is 518 g/mol. The maximum atomic E-state index is 11.9. The van der Waals surface area contributed by atoms with Crippen LogP contribution >= 0.6 is 12.6 Å². The van der Waals surface area contributed by atoms with Crippen molar-refractivity contribution >= 4 is 42.2 Å². The number of carboxylic acid groups (broad SMARTS) is 1. The summed E-state index contributed by atoms with van der Waals surface area (Å²) in [6.45, 7) is -0.583.